The van der Waals surface area contributed by atoms with Crippen molar-refractivity contribution in [3.8, 4) is 17.0 Å². The summed E-state index contributed by atoms with van der Waals surface area (Å²) >= 11 is 0. The van der Waals surface area contributed by atoms with Crippen molar-refractivity contribution in [2.45, 2.75) is 95.7 Å². The number of piperazine rings is 1. The van der Waals surface area contributed by atoms with Crippen molar-refractivity contribution in [1.82, 2.24) is 19.1 Å². The molecule has 48 heavy (non-hydrogen) atoms. The Morgan fingerprint density at radius 2 is 1.73 bits per heavy atom. The van der Waals surface area contributed by atoms with E-state index in [1.807, 2.05) is 32.0 Å². The lowest BCUT2D eigenvalue weighted by Crippen LogP contribution is -2.57. The number of likely N-dealkylation sites (N-methyl/N-ethyl adjacent to an activating group) is 1. The van der Waals surface area contributed by atoms with Crippen molar-refractivity contribution in [3.05, 3.63) is 53.1 Å². The maximum Gasteiger partial charge on any atom is 0.264 e. The van der Waals surface area contributed by atoms with Crippen LogP contribution >= 0.6 is 0 Å². The van der Waals surface area contributed by atoms with E-state index in [1.54, 1.807) is 13.2 Å². The molecule has 2 amide bonds. The summed E-state index contributed by atoms with van der Waals surface area (Å²) in [4.78, 5) is 33.1. The Bertz CT molecular complexity index is 1900. The molecule has 2 bridgehead atoms. The summed E-state index contributed by atoms with van der Waals surface area (Å²) in [6.07, 6.45) is 8.68. The molecule has 2 saturated heterocycles. The standard InChI is InChI=1S/C38H48N4O5S/c1-23(2)21-48(45,46)39-36(43)25-10-14-30-33(16-25)41-22-38(37(44)42-26-11-12-27(42)20-40(3)19-26)18-32(38)31-17-28(47-4)13-15-29(31)35(41)34(30)24-8-6-5-7-9-24/h10,13-17,23-24,26-27,32H,5-9,11-12,18-22H2,1-4H3,(H,39,43)/t26?,27?,32-,38?/m0/s1. The van der Waals surface area contributed by atoms with Crippen molar-refractivity contribution in [2.24, 2.45) is 11.3 Å². The van der Waals surface area contributed by atoms with Gasteiger partial charge in [0.15, 0.2) is 0 Å². The number of ether oxygens (including phenoxy) is 1. The maximum atomic E-state index is 15.0. The van der Waals surface area contributed by atoms with Gasteiger partial charge in [0.1, 0.15) is 5.75 Å². The highest BCUT2D eigenvalue weighted by Gasteiger charge is 2.65. The van der Waals surface area contributed by atoms with Crippen LogP contribution in [0.4, 0.5) is 0 Å². The second-order valence-electron chi connectivity index (χ2n) is 15.7. The monoisotopic (exact) mass is 672 g/mol. The van der Waals surface area contributed by atoms with Gasteiger partial charge in [0.05, 0.1) is 24.0 Å². The Kier molecular flexibility index (Phi) is 7.71. The molecule has 0 spiro atoms. The second-order valence-corrected chi connectivity index (χ2v) is 17.5. The van der Waals surface area contributed by atoms with Gasteiger partial charge in [-0.3, -0.25) is 9.59 Å². The first kappa shape index (κ1) is 31.9. The number of benzene rings is 2. The van der Waals surface area contributed by atoms with E-state index in [0.717, 1.165) is 73.1 Å². The van der Waals surface area contributed by atoms with Crippen LogP contribution < -0.4 is 9.46 Å². The van der Waals surface area contributed by atoms with E-state index < -0.39 is 21.3 Å². The number of hydrogen-bond acceptors (Lipinski definition) is 6. The molecular weight excluding hydrogens is 625 g/mol. The summed E-state index contributed by atoms with van der Waals surface area (Å²) in [5.74, 6) is 0.677. The van der Waals surface area contributed by atoms with Gasteiger partial charge in [0.25, 0.3) is 5.91 Å². The molecular formula is C38H48N4O5S. The average molecular weight is 673 g/mol. The number of likely N-dealkylation sites (tertiary alicyclic amines) is 1. The zero-order valence-corrected chi connectivity index (χ0v) is 29.4. The third-order valence-electron chi connectivity index (χ3n) is 11.9. The molecule has 1 aromatic heterocycles. The van der Waals surface area contributed by atoms with Gasteiger partial charge in [-0.2, -0.15) is 0 Å². The molecule has 2 saturated carbocycles. The molecule has 0 radical (unpaired) electrons. The number of aromatic nitrogens is 1. The van der Waals surface area contributed by atoms with E-state index in [9.17, 15) is 13.2 Å². The minimum Gasteiger partial charge on any atom is -0.497 e. The maximum absolute atomic E-state index is 15.0. The third kappa shape index (κ3) is 5.16. The summed E-state index contributed by atoms with van der Waals surface area (Å²) in [5, 5.41) is 1.10. The fraction of sp³-hybridized carbons (Fsp3) is 0.579. The molecule has 10 heteroatoms. The Morgan fingerprint density at radius 3 is 2.42 bits per heavy atom. The highest BCUT2D eigenvalue weighted by molar-refractivity contribution is 7.90. The first-order valence-electron chi connectivity index (χ1n) is 17.9. The van der Waals surface area contributed by atoms with Gasteiger partial charge in [-0.15, -0.1) is 0 Å². The molecule has 5 aliphatic rings. The van der Waals surface area contributed by atoms with Crippen LogP contribution in [0.3, 0.4) is 0 Å². The average Bonchev–Trinajstić information content (AvgIpc) is 3.63. The van der Waals surface area contributed by atoms with Crippen molar-refractivity contribution in [3.63, 3.8) is 0 Å². The summed E-state index contributed by atoms with van der Waals surface area (Å²) in [5.41, 5.74) is 5.42. The summed E-state index contributed by atoms with van der Waals surface area (Å²) in [6, 6.07) is 12.5. The lowest BCUT2D eigenvalue weighted by Gasteiger charge is -2.41. The minimum atomic E-state index is -3.78. The SMILES string of the molecule is COc1ccc2c(c1)[C@@H]1CC1(C(=O)N1C3CCC1CN(C)C3)Cn1c-2c(C2CCCCC2)c2ccc(C(=O)NS(=O)(=O)CC(C)C)cc21. The van der Waals surface area contributed by atoms with Crippen LogP contribution in [0.25, 0.3) is 22.2 Å². The highest BCUT2D eigenvalue weighted by atomic mass is 32.2. The van der Waals surface area contributed by atoms with Crippen LogP contribution in [0.15, 0.2) is 36.4 Å². The Hall–Kier alpha value is -3.37. The van der Waals surface area contributed by atoms with Gasteiger partial charge in [-0.25, -0.2) is 13.1 Å². The van der Waals surface area contributed by atoms with E-state index in [-0.39, 0.29) is 35.6 Å². The van der Waals surface area contributed by atoms with E-state index in [4.69, 9.17) is 4.74 Å². The molecule has 8 rings (SSSR count). The van der Waals surface area contributed by atoms with Crippen LogP contribution in [-0.2, 0) is 21.4 Å². The number of hydrogen-bond donors (Lipinski definition) is 1. The molecule has 2 aliphatic carbocycles. The predicted molar refractivity (Wildman–Crippen MR) is 187 cm³/mol. The van der Waals surface area contributed by atoms with Crippen molar-refractivity contribution in [2.75, 3.05) is 33.0 Å². The molecule has 4 atom stereocenters. The lowest BCUT2D eigenvalue weighted by molar-refractivity contribution is -0.143. The van der Waals surface area contributed by atoms with Crippen LogP contribution in [-0.4, -0.2) is 79.7 Å². The lowest BCUT2D eigenvalue weighted by atomic mass is 9.81. The fourth-order valence-electron chi connectivity index (χ4n) is 9.81. The van der Waals surface area contributed by atoms with Gasteiger partial charge in [-0.05, 0) is 92.4 Å². The van der Waals surface area contributed by atoms with Gasteiger partial charge in [0, 0.05) is 59.7 Å². The van der Waals surface area contributed by atoms with Crippen LogP contribution in [0, 0.1) is 11.3 Å². The normalized spacial score (nSPS) is 26.9. The smallest absolute Gasteiger partial charge is 0.264 e. The molecule has 4 heterocycles. The molecule has 256 valence electrons. The van der Waals surface area contributed by atoms with Crippen LogP contribution in [0.5, 0.6) is 5.75 Å². The molecule has 4 fully saturated rings. The van der Waals surface area contributed by atoms with E-state index in [0.29, 0.717) is 18.0 Å². The number of carbonyl (C=O) groups is 2. The number of sulfonamides is 1. The van der Waals surface area contributed by atoms with Gasteiger partial charge < -0.3 is 19.1 Å². The van der Waals surface area contributed by atoms with Crippen LogP contribution in [0.1, 0.15) is 98.5 Å². The van der Waals surface area contributed by atoms with Gasteiger partial charge in [-0.1, -0.05) is 39.2 Å². The molecule has 3 unspecified atom stereocenters. The summed E-state index contributed by atoms with van der Waals surface area (Å²) in [7, 11) is 0.0784. The van der Waals surface area contributed by atoms with E-state index in [1.165, 1.54) is 30.4 Å². The fourth-order valence-corrected chi connectivity index (χ4v) is 11.2. The topological polar surface area (TPSA) is 101 Å². The Morgan fingerprint density at radius 1 is 1.00 bits per heavy atom. The van der Waals surface area contributed by atoms with Gasteiger partial charge in [0.2, 0.25) is 15.9 Å². The Labute approximate surface area is 284 Å². The van der Waals surface area contributed by atoms with E-state index in [2.05, 4.69) is 38.3 Å². The number of fused-ring (bicyclic) bond motifs is 9. The molecule has 3 aromatic rings. The number of carbonyl (C=O) groups excluding carboxylic acids is 2. The van der Waals surface area contributed by atoms with Crippen molar-refractivity contribution in [1.29, 1.82) is 0 Å². The first-order valence-corrected chi connectivity index (χ1v) is 19.6. The number of nitrogens with one attached hydrogen (secondary N) is 1. The number of nitrogens with zero attached hydrogens (tertiary/aromatic N) is 3. The third-order valence-corrected chi connectivity index (χ3v) is 13.5. The first-order chi connectivity index (χ1) is 23.0. The number of methoxy groups -OCH3 is 1. The Balaban J connectivity index is 1.30. The van der Waals surface area contributed by atoms with E-state index >= 15 is 4.79 Å². The molecule has 1 N–H and O–H groups in total. The largest absolute Gasteiger partial charge is 0.497 e. The zero-order chi connectivity index (χ0) is 33.5. The van der Waals surface area contributed by atoms with Crippen molar-refractivity contribution >= 4 is 32.7 Å². The molecule has 3 aliphatic heterocycles. The molecule has 2 aromatic carbocycles. The van der Waals surface area contributed by atoms with Gasteiger partial charge >= 0.3 is 0 Å². The summed E-state index contributed by atoms with van der Waals surface area (Å²) in [6.45, 7) is 6.00. The second kappa shape index (κ2) is 11.6. The number of rotatable bonds is 7. The minimum absolute atomic E-state index is 0.0796. The van der Waals surface area contributed by atoms with Crippen molar-refractivity contribution < 1.29 is 22.7 Å². The zero-order valence-electron chi connectivity index (χ0n) is 28.6. The van der Waals surface area contributed by atoms with Crippen LogP contribution in [0.2, 0.25) is 0 Å². The highest BCUT2D eigenvalue weighted by Crippen LogP contribution is 2.66. The predicted octanol–water partition coefficient (Wildman–Crippen LogP) is 5.87. The molecule has 9 nitrogen and oxygen atoms in total. The number of amides is 2. The quantitative estimate of drug-likeness (QED) is 0.337. The summed E-state index contributed by atoms with van der Waals surface area (Å²) < 4.78 is 35.9.